The largest absolute Gasteiger partial charge is 0.320 e. The minimum absolute atomic E-state index is 0.299. The van der Waals surface area contributed by atoms with Crippen LogP contribution in [0.15, 0.2) is 36.5 Å². The van der Waals surface area contributed by atoms with Gasteiger partial charge in [0.15, 0.2) is 5.78 Å². The molecule has 2 aromatic rings. The number of para-hydroxylation sites is 1. The molecule has 0 radical (unpaired) electrons. The molecule has 0 fully saturated rings. The number of nitrogens with zero attached hydrogens (tertiary/aromatic N) is 1. The minimum Gasteiger partial charge on any atom is -0.320 e. The molecule has 2 nitrogen and oxygen atoms in total. The molecule has 0 bridgehead atoms. The van der Waals surface area contributed by atoms with E-state index in [0.717, 1.165) is 31.2 Å². The van der Waals surface area contributed by atoms with Crippen LogP contribution >= 0.6 is 0 Å². The maximum atomic E-state index is 11.9. The molecular formula is C17H19NO. The van der Waals surface area contributed by atoms with Crippen LogP contribution in [-0.4, -0.2) is 10.4 Å². The van der Waals surface area contributed by atoms with Gasteiger partial charge in [-0.3, -0.25) is 4.79 Å². The van der Waals surface area contributed by atoms with Crippen LogP contribution in [0.1, 0.15) is 47.8 Å². The summed E-state index contributed by atoms with van der Waals surface area (Å²) in [6, 6.07) is 10.5. The molecule has 0 atom stereocenters. The Bertz CT molecular complexity index is 609. The zero-order valence-corrected chi connectivity index (χ0v) is 11.4. The second-order valence-electron chi connectivity index (χ2n) is 5.20. The van der Waals surface area contributed by atoms with Crippen LogP contribution < -0.4 is 0 Å². The van der Waals surface area contributed by atoms with Crippen molar-refractivity contribution in [3.63, 3.8) is 0 Å². The lowest BCUT2D eigenvalue weighted by molar-refractivity contribution is 0.0972. The highest BCUT2D eigenvalue weighted by Gasteiger charge is 2.21. The summed E-state index contributed by atoms with van der Waals surface area (Å²) in [5.41, 5.74) is 4.72. The Kier molecular flexibility index (Phi) is 3.24. The molecule has 0 spiro atoms. The average molecular weight is 253 g/mol. The van der Waals surface area contributed by atoms with Crippen LogP contribution in [0.4, 0.5) is 0 Å². The van der Waals surface area contributed by atoms with Crippen molar-refractivity contribution in [2.75, 3.05) is 0 Å². The standard InChI is InChI=1S/C17H19NO/c1-2-6-13-7-3-4-8-15(13)18-12-11-14-16(18)9-5-10-17(14)19/h3-4,7-8,11-12H,2,5-6,9-10H2,1H3. The highest BCUT2D eigenvalue weighted by molar-refractivity contribution is 5.98. The first kappa shape index (κ1) is 12.2. The maximum absolute atomic E-state index is 11.9. The molecule has 0 unspecified atom stereocenters. The van der Waals surface area contributed by atoms with Gasteiger partial charge in [-0.1, -0.05) is 31.5 Å². The summed E-state index contributed by atoms with van der Waals surface area (Å²) in [7, 11) is 0. The Morgan fingerprint density at radius 1 is 1.16 bits per heavy atom. The van der Waals surface area contributed by atoms with Gasteiger partial charge in [-0.15, -0.1) is 0 Å². The van der Waals surface area contributed by atoms with Gasteiger partial charge in [0.1, 0.15) is 0 Å². The SMILES string of the molecule is CCCc1ccccc1-n1ccc2c1CCCC2=O. The minimum atomic E-state index is 0.299. The summed E-state index contributed by atoms with van der Waals surface area (Å²) in [5, 5.41) is 0. The molecule has 0 amide bonds. The number of aryl methyl sites for hydroxylation is 1. The van der Waals surface area contributed by atoms with Crippen molar-refractivity contribution in [3.05, 3.63) is 53.3 Å². The lowest BCUT2D eigenvalue weighted by Crippen LogP contribution is -2.13. The molecule has 1 aromatic heterocycles. The van der Waals surface area contributed by atoms with Crippen molar-refractivity contribution in [1.29, 1.82) is 0 Å². The molecule has 98 valence electrons. The Morgan fingerprint density at radius 2 is 2.00 bits per heavy atom. The molecular weight excluding hydrogens is 234 g/mol. The van der Waals surface area contributed by atoms with E-state index in [4.69, 9.17) is 0 Å². The summed E-state index contributed by atoms with van der Waals surface area (Å²) < 4.78 is 2.22. The van der Waals surface area contributed by atoms with Crippen molar-refractivity contribution < 1.29 is 4.79 Å². The van der Waals surface area contributed by atoms with Gasteiger partial charge in [0, 0.05) is 29.6 Å². The van der Waals surface area contributed by atoms with Crippen molar-refractivity contribution >= 4 is 5.78 Å². The van der Waals surface area contributed by atoms with E-state index in [2.05, 4.69) is 42.0 Å². The fourth-order valence-electron chi connectivity index (χ4n) is 2.98. The molecule has 0 aliphatic heterocycles. The van der Waals surface area contributed by atoms with E-state index in [-0.39, 0.29) is 0 Å². The molecule has 19 heavy (non-hydrogen) atoms. The Hall–Kier alpha value is -1.83. The number of carbonyl (C=O) groups is 1. The topological polar surface area (TPSA) is 22.0 Å². The monoisotopic (exact) mass is 253 g/mol. The van der Waals surface area contributed by atoms with E-state index in [0.29, 0.717) is 12.2 Å². The number of benzene rings is 1. The highest BCUT2D eigenvalue weighted by Crippen LogP contribution is 2.27. The number of fused-ring (bicyclic) bond motifs is 1. The Morgan fingerprint density at radius 3 is 2.84 bits per heavy atom. The van der Waals surface area contributed by atoms with Crippen LogP contribution in [0.25, 0.3) is 5.69 Å². The van der Waals surface area contributed by atoms with Crippen LogP contribution in [0.2, 0.25) is 0 Å². The zero-order chi connectivity index (χ0) is 13.2. The fraction of sp³-hybridized carbons (Fsp3) is 0.353. The van der Waals surface area contributed by atoms with E-state index in [9.17, 15) is 4.79 Å². The second-order valence-corrected chi connectivity index (χ2v) is 5.20. The first-order valence-corrected chi connectivity index (χ1v) is 7.13. The smallest absolute Gasteiger partial charge is 0.164 e. The zero-order valence-electron chi connectivity index (χ0n) is 11.4. The molecule has 1 aromatic carbocycles. The number of hydrogen-bond donors (Lipinski definition) is 0. The first-order chi connectivity index (χ1) is 9.31. The molecule has 0 saturated carbocycles. The lowest BCUT2D eigenvalue weighted by atomic mass is 9.96. The third kappa shape index (κ3) is 2.12. The third-order valence-electron chi connectivity index (χ3n) is 3.88. The molecule has 1 heterocycles. The van der Waals surface area contributed by atoms with Crippen LogP contribution in [0, 0.1) is 0 Å². The molecule has 0 N–H and O–H groups in total. The molecule has 1 aliphatic rings. The highest BCUT2D eigenvalue weighted by atomic mass is 16.1. The fourth-order valence-corrected chi connectivity index (χ4v) is 2.98. The van der Waals surface area contributed by atoms with Gasteiger partial charge in [0.05, 0.1) is 0 Å². The van der Waals surface area contributed by atoms with E-state index in [1.165, 1.54) is 16.9 Å². The Labute approximate surface area is 114 Å². The molecule has 1 aliphatic carbocycles. The molecule has 2 heteroatoms. The number of ketones is 1. The maximum Gasteiger partial charge on any atom is 0.164 e. The summed E-state index contributed by atoms with van der Waals surface area (Å²) in [6.07, 6.45) is 6.97. The number of hydrogen-bond acceptors (Lipinski definition) is 1. The third-order valence-corrected chi connectivity index (χ3v) is 3.88. The van der Waals surface area contributed by atoms with Crippen LogP contribution in [0.3, 0.4) is 0 Å². The quantitative estimate of drug-likeness (QED) is 0.811. The van der Waals surface area contributed by atoms with Gasteiger partial charge in [-0.05, 0) is 37.0 Å². The lowest BCUT2D eigenvalue weighted by Gasteiger charge is -2.17. The van der Waals surface area contributed by atoms with Crippen LogP contribution in [0.5, 0.6) is 0 Å². The first-order valence-electron chi connectivity index (χ1n) is 7.13. The number of carbonyl (C=O) groups excluding carboxylic acids is 1. The predicted octanol–water partition coefficient (Wildman–Crippen LogP) is 3.95. The molecule has 3 rings (SSSR count). The van der Waals surface area contributed by atoms with Gasteiger partial charge >= 0.3 is 0 Å². The van der Waals surface area contributed by atoms with E-state index >= 15 is 0 Å². The number of aromatic nitrogens is 1. The normalized spacial score (nSPS) is 14.5. The van der Waals surface area contributed by atoms with Crippen LogP contribution in [-0.2, 0) is 12.8 Å². The van der Waals surface area contributed by atoms with E-state index in [1.54, 1.807) is 0 Å². The van der Waals surface area contributed by atoms with Gasteiger partial charge in [0.25, 0.3) is 0 Å². The predicted molar refractivity (Wildman–Crippen MR) is 77.0 cm³/mol. The summed E-state index contributed by atoms with van der Waals surface area (Å²) >= 11 is 0. The van der Waals surface area contributed by atoms with E-state index < -0.39 is 0 Å². The summed E-state index contributed by atoms with van der Waals surface area (Å²) in [4.78, 5) is 11.9. The number of rotatable bonds is 3. The van der Waals surface area contributed by atoms with Crippen molar-refractivity contribution in [3.8, 4) is 5.69 Å². The van der Waals surface area contributed by atoms with Crippen molar-refractivity contribution in [1.82, 2.24) is 4.57 Å². The summed E-state index contributed by atoms with van der Waals surface area (Å²) in [6.45, 7) is 2.20. The van der Waals surface area contributed by atoms with Gasteiger partial charge in [-0.2, -0.15) is 0 Å². The Balaban J connectivity index is 2.10. The molecule has 0 saturated heterocycles. The summed E-state index contributed by atoms with van der Waals surface area (Å²) in [5.74, 6) is 0.299. The van der Waals surface area contributed by atoms with E-state index in [1.807, 2.05) is 6.07 Å². The van der Waals surface area contributed by atoms with Crippen molar-refractivity contribution in [2.45, 2.75) is 39.0 Å². The number of Topliss-reactive ketones (excluding diaryl/α,β-unsaturated/α-hetero) is 1. The van der Waals surface area contributed by atoms with Crippen molar-refractivity contribution in [2.24, 2.45) is 0 Å². The average Bonchev–Trinajstić information content (AvgIpc) is 2.85. The van der Waals surface area contributed by atoms with Gasteiger partial charge in [-0.25, -0.2) is 0 Å². The second kappa shape index (κ2) is 5.04. The van der Waals surface area contributed by atoms with Gasteiger partial charge in [0.2, 0.25) is 0 Å². The van der Waals surface area contributed by atoms with Gasteiger partial charge < -0.3 is 4.57 Å².